The molecule has 4 N–H and O–H groups in total. The molecule has 0 aliphatic heterocycles. The Labute approximate surface area is 125 Å². The number of nitrogens with two attached hydrogens (primary N) is 2. The molecule has 1 atom stereocenters. The highest BCUT2D eigenvalue weighted by atomic mass is 16.1. The standard InChI is InChI=1S/C17H21N3O/c18-16(17(19)21)13-20(11-14-7-3-1-4-8-14)12-15-9-5-2-6-10-15/h1-10,16H,11-13,18H2,(H2,19,21). The molecule has 0 fully saturated rings. The van der Waals surface area contributed by atoms with Gasteiger partial charge in [-0.05, 0) is 11.1 Å². The summed E-state index contributed by atoms with van der Waals surface area (Å²) in [4.78, 5) is 13.3. The van der Waals surface area contributed by atoms with Crippen molar-refractivity contribution in [2.75, 3.05) is 6.54 Å². The molecule has 0 aromatic heterocycles. The van der Waals surface area contributed by atoms with E-state index < -0.39 is 11.9 Å². The molecule has 0 heterocycles. The van der Waals surface area contributed by atoms with Gasteiger partial charge in [0.15, 0.2) is 0 Å². The molecule has 2 aromatic carbocycles. The zero-order valence-electron chi connectivity index (χ0n) is 12.0. The number of amides is 1. The van der Waals surface area contributed by atoms with Gasteiger partial charge >= 0.3 is 0 Å². The summed E-state index contributed by atoms with van der Waals surface area (Å²) in [6, 6.07) is 19.6. The molecule has 0 bridgehead atoms. The van der Waals surface area contributed by atoms with Gasteiger partial charge in [0.05, 0.1) is 6.04 Å². The van der Waals surface area contributed by atoms with Gasteiger partial charge in [-0.25, -0.2) is 0 Å². The number of carbonyl (C=O) groups excluding carboxylic acids is 1. The van der Waals surface area contributed by atoms with Crippen LogP contribution in [0.4, 0.5) is 0 Å². The topological polar surface area (TPSA) is 72.3 Å². The van der Waals surface area contributed by atoms with Crippen LogP contribution in [0.25, 0.3) is 0 Å². The van der Waals surface area contributed by atoms with Gasteiger partial charge in [-0.2, -0.15) is 0 Å². The zero-order valence-corrected chi connectivity index (χ0v) is 12.0. The van der Waals surface area contributed by atoms with Crippen molar-refractivity contribution < 1.29 is 4.79 Å². The number of primary amides is 1. The van der Waals surface area contributed by atoms with Gasteiger partial charge in [-0.15, -0.1) is 0 Å². The predicted molar refractivity (Wildman–Crippen MR) is 84.2 cm³/mol. The van der Waals surface area contributed by atoms with Crippen molar-refractivity contribution in [1.82, 2.24) is 4.90 Å². The van der Waals surface area contributed by atoms with Crippen molar-refractivity contribution in [3.05, 3.63) is 71.8 Å². The number of hydrogen-bond donors (Lipinski definition) is 2. The number of carbonyl (C=O) groups is 1. The number of benzene rings is 2. The first kappa shape index (κ1) is 15.2. The fourth-order valence-corrected chi connectivity index (χ4v) is 2.24. The smallest absolute Gasteiger partial charge is 0.235 e. The summed E-state index contributed by atoms with van der Waals surface area (Å²) in [5.41, 5.74) is 13.5. The summed E-state index contributed by atoms with van der Waals surface area (Å²) in [5, 5.41) is 0. The first-order chi connectivity index (χ1) is 10.1. The van der Waals surface area contributed by atoms with Crippen molar-refractivity contribution in [3.63, 3.8) is 0 Å². The Morgan fingerprint density at radius 3 is 1.71 bits per heavy atom. The van der Waals surface area contributed by atoms with Crippen LogP contribution in [0.1, 0.15) is 11.1 Å². The van der Waals surface area contributed by atoms with E-state index in [0.717, 1.165) is 13.1 Å². The molecule has 4 nitrogen and oxygen atoms in total. The summed E-state index contributed by atoms with van der Waals surface area (Å²) in [5.74, 6) is -0.471. The van der Waals surface area contributed by atoms with Crippen molar-refractivity contribution in [2.45, 2.75) is 19.1 Å². The predicted octanol–water partition coefficient (Wildman–Crippen LogP) is 1.50. The van der Waals surface area contributed by atoms with E-state index >= 15 is 0 Å². The summed E-state index contributed by atoms with van der Waals surface area (Å²) in [6.45, 7) is 1.91. The fourth-order valence-electron chi connectivity index (χ4n) is 2.24. The van der Waals surface area contributed by atoms with E-state index in [4.69, 9.17) is 11.5 Å². The molecule has 1 unspecified atom stereocenters. The average Bonchev–Trinajstić information content (AvgIpc) is 2.49. The van der Waals surface area contributed by atoms with E-state index in [1.54, 1.807) is 0 Å². The maximum absolute atomic E-state index is 11.2. The summed E-state index contributed by atoms with van der Waals surface area (Å²) < 4.78 is 0. The third kappa shape index (κ3) is 5.02. The van der Waals surface area contributed by atoms with E-state index in [9.17, 15) is 4.79 Å². The Hall–Kier alpha value is -2.17. The highest BCUT2D eigenvalue weighted by Crippen LogP contribution is 2.10. The lowest BCUT2D eigenvalue weighted by Crippen LogP contribution is -2.45. The fraction of sp³-hybridized carbons (Fsp3) is 0.235. The summed E-state index contributed by atoms with van der Waals surface area (Å²) >= 11 is 0. The van der Waals surface area contributed by atoms with Crippen LogP contribution in [-0.4, -0.2) is 23.4 Å². The van der Waals surface area contributed by atoms with E-state index in [0.29, 0.717) is 6.54 Å². The van der Waals surface area contributed by atoms with Crippen LogP contribution in [0.2, 0.25) is 0 Å². The molecular formula is C17H21N3O. The first-order valence-electron chi connectivity index (χ1n) is 7.00. The summed E-state index contributed by atoms with van der Waals surface area (Å²) in [6.07, 6.45) is 0. The Balaban J connectivity index is 2.08. The Morgan fingerprint density at radius 2 is 1.33 bits per heavy atom. The molecule has 2 rings (SSSR count). The molecule has 0 radical (unpaired) electrons. The number of rotatable bonds is 7. The van der Waals surface area contributed by atoms with Crippen LogP contribution in [0.15, 0.2) is 60.7 Å². The molecule has 2 aromatic rings. The Kier molecular flexibility index (Phi) is 5.49. The first-order valence-corrected chi connectivity index (χ1v) is 7.00. The molecule has 110 valence electrons. The van der Waals surface area contributed by atoms with Crippen LogP contribution in [0.5, 0.6) is 0 Å². The normalized spacial score (nSPS) is 12.3. The van der Waals surface area contributed by atoms with Crippen molar-refractivity contribution in [3.8, 4) is 0 Å². The SMILES string of the molecule is NC(=O)C(N)CN(Cc1ccccc1)Cc1ccccc1. The third-order valence-electron chi connectivity index (χ3n) is 3.32. The van der Waals surface area contributed by atoms with E-state index in [1.807, 2.05) is 36.4 Å². The highest BCUT2D eigenvalue weighted by Gasteiger charge is 2.15. The monoisotopic (exact) mass is 283 g/mol. The molecule has 1 amide bonds. The minimum atomic E-state index is -0.655. The van der Waals surface area contributed by atoms with Crippen molar-refractivity contribution >= 4 is 5.91 Å². The second-order valence-corrected chi connectivity index (χ2v) is 5.15. The lowest BCUT2D eigenvalue weighted by Gasteiger charge is -2.24. The molecule has 4 heteroatoms. The van der Waals surface area contributed by atoms with Crippen molar-refractivity contribution in [1.29, 1.82) is 0 Å². The zero-order chi connectivity index (χ0) is 15.1. The second-order valence-electron chi connectivity index (χ2n) is 5.15. The molecule has 0 aliphatic carbocycles. The molecule has 0 saturated carbocycles. The largest absolute Gasteiger partial charge is 0.368 e. The van der Waals surface area contributed by atoms with Crippen molar-refractivity contribution in [2.24, 2.45) is 11.5 Å². The van der Waals surface area contributed by atoms with Gasteiger partial charge < -0.3 is 11.5 Å². The lowest BCUT2D eigenvalue weighted by molar-refractivity contribution is -0.119. The minimum Gasteiger partial charge on any atom is -0.368 e. The molecule has 21 heavy (non-hydrogen) atoms. The number of nitrogens with zero attached hydrogens (tertiary/aromatic N) is 1. The van der Waals surface area contributed by atoms with Gasteiger partial charge in [0.2, 0.25) is 5.91 Å². The maximum atomic E-state index is 11.2. The quantitative estimate of drug-likeness (QED) is 0.809. The van der Waals surface area contributed by atoms with Crippen LogP contribution in [0.3, 0.4) is 0 Å². The summed E-state index contributed by atoms with van der Waals surface area (Å²) in [7, 11) is 0. The number of hydrogen-bond acceptors (Lipinski definition) is 3. The second kappa shape index (κ2) is 7.57. The Morgan fingerprint density at radius 1 is 0.905 bits per heavy atom. The molecule has 0 aliphatic rings. The van der Waals surface area contributed by atoms with Gasteiger partial charge in [0, 0.05) is 19.6 Å². The van der Waals surface area contributed by atoms with E-state index in [1.165, 1.54) is 11.1 Å². The van der Waals surface area contributed by atoms with Gasteiger partial charge in [-0.1, -0.05) is 60.7 Å². The highest BCUT2D eigenvalue weighted by molar-refractivity contribution is 5.79. The van der Waals surface area contributed by atoms with E-state index in [2.05, 4.69) is 29.2 Å². The van der Waals surface area contributed by atoms with Gasteiger partial charge in [0.1, 0.15) is 0 Å². The van der Waals surface area contributed by atoms with E-state index in [-0.39, 0.29) is 0 Å². The minimum absolute atomic E-state index is 0.444. The van der Waals surface area contributed by atoms with Crippen LogP contribution >= 0.6 is 0 Å². The molecule has 0 spiro atoms. The van der Waals surface area contributed by atoms with Crippen LogP contribution in [-0.2, 0) is 17.9 Å². The van der Waals surface area contributed by atoms with Gasteiger partial charge in [0.25, 0.3) is 0 Å². The molecule has 0 saturated heterocycles. The maximum Gasteiger partial charge on any atom is 0.235 e. The molecular weight excluding hydrogens is 262 g/mol. The van der Waals surface area contributed by atoms with Crippen LogP contribution in [0, 0.1) is 0 Å². The third-order valence-corrected chi connectivity index (χ3v) is 3.32. The Bertz CT molecular complexity index is 515. The van der Waals surface area contributed by atoms with Crippen LogP contribution < -0.4 is 11.5 Å². The lowest BCUT2D eigenvalue weighted by atomic mass is 10.1. The average molecular weight is 283 g/mol. The van der Waals surface area contributed by atoms with Gasteiger partial charge in [-0.3, -0.25) is 9.69 Å².